The first-order chi connectivity index (χ1) is 13.6. The molecule has 0 spiro atoms. The van der Waals surface area contributed by atoms with Crippen LogP contribution in [0.1, 0.15) is 43.6 Å². The molecular formula is C22H26BNO5. The molecule has 0 bridgehead atoms. The molecule has 1 aliphatic rings. The van der Waals surface area contributed by atoms with Crippen LogP contribution in [0, 0.1) is 0 Å². The molecule has 3 rings (SSSR count). The maximum absolute atomic E-state index is 12.6. The fourth-order valence-electron chi connectivity index (χ4n) is 3.06. The third kappa shape index (κ3) is 4.52. The van der Waals surface area contributed by atoms with Crippen LogP contribution in [0.2, 0.25) is 0 Å². The van der Waals surface area contributed by atoms with Crippen molar-refractivity contribution in [3.8, 4) is 0 Å². The number of amides is 1. The fraction of sp³-hybridized carbons (Fsp3) is 0.364. The number of benzene rings is 2. The predicted molar refractivity (Wildman–Crippen MR) is 112 cm³/mol. The number of carbonyl (C=O) groups excluding carboxylic acids is 2. The Bertz CT molecular complexity index is 895. The normalized spacial score (nSPS) is 17.1. The van der Waals surface area contributed by atoms with Crippen molar-refractivity contribution in [2.45, 2.75) is 45.3 Å². The van der Waals surface area contributed by atoms with E-state index in [1.54, 1.807) is 18.2 Å². The van der Waals surface area contributed by atoms with E-state index < -0.39 is 24.3 Å². The minimum absolute atomic E-state index is 0.167. The highest BCUT2D eigenvalue weighted by Crippen LogP contribution is 2.37. The average molecular weight is 395 g/mol. The van der Waals surface area contributed by atoms with Crippen LogP contribution in [0.3, 0.4) is 0 Å². The topological polar surface area (TPSA) is 73.9 Å². The van der Waals surface area contributed by atoms with Gasteiger partial charge in [0.1, 0.15) is 0 Å². The third-order valence-electron chi connectivity index (χ3n) is 5.46. The number of anilines is 1. The number of methoxy groups -OCH3 is 1. The highest BCUT2D eigenvalue weighted by Gasteiger charge is 2.52. The van der Waals surface area contributed by atoms with Gasteiger partial charge in [-0.3, -0.25) is 4.79 Å². The summed E-state index contributed by atoms with van der Waals surface area (Å²) in [6.07, 6.45) is 0.238. The Morgan fingerprint density at radius 1 is 1.00 bits per heavy atom. The zero-order valence-electron chi connectivity index (χ0n) is 17.4. The lowest BCUT2D eigenvalue weighted by molar-refractivity contribution is -0.115. The van der Waals surface area contributed by atoms with E-state index in [9.17, 15) is 9.59 Å². The summed E-state index contributed by atoms with van der Waals surface area (Å²) in [5.41, 5.74) is 1.28. The van der Waals surface area contributed by atoms with E-state index in [0.29, 0.717) is 16.7 Å². The van der Waals surface area contributed by atoms with E-state index >= 15 is 0 Å². The molecule has 0 aromatic heterocycles. The number of rotatable bonds is 5. The van der Waals surface area contributed by atoms with Crippen molar-refractivity contribution in [2.24, 2.45) is 0 Å². The number of carbonyl (C=O) groups is 2. The number of esters is 1. The summed E-state index contributed by atoms with van der Waals surface area (Å²) < 4.78 is 17.1. The Kier molecular flexibility index (Phi) is 5.82. The van der Waals surface area contributed by atoms with Gasteiger partial charge in [-0.25, -0.2) is 4.79 Å². The first kappa shape index (κ1) is 21.1. The van der Waals surface area contributed by atoms with Crippen LogP contribution in [0.25, 0.3) is 0 Å². The van der Waals surface area contributed by atoms with Gasteiger partial charge in [0.2, 0.25) is 5.91 Å². The zero-order valence-corrected chi connectivity index (χ0v) is 17.4. The molecule has 2 aromatic rings. The molecule has 1 aliphatic heterocycles. The van der Waals surface area contributed by atoms with Crippen molar-refractivity contribution in [2.75, 3.05) is 12.4 Å². The van der Waals surface area contributed by atoms with Gasteiger partial charge >= 0.3 is 13.1 Å². The summed E-state index contributed by atoms with van der Waals surface area (Å²) in [6.45, 7) is 7.80. The van der Waals surface area contributed by atoms with Crippen molar-refractivity contribution in [3.05, 3.63) is 59.7 Å². The van der Waals surface area contributed by atoms with Gasteiger partial charge in [-0.05, 0) is 51.5 Å². The lowest BCUT2D eigenvalue weighted by Gasteiger charge is -2.32. The molecule has 0 aliphatic carbocycles. The molecule has 152 valence electrons. The van der Waals surface area contributed by atoms with Crippen molar-refractivity contribution >= 4 is 30.1 Å². The Morgan fingerprint density at radius 2 is 1.62 bits per heavy atom. The molecule has 1 fully saturated rings. The van der Waals surface area contributed by atoms with Gasteiger partial charge in [0.15, 0.2) is 0 Å². The van der Waals surface area contributed by atoms with E-state index in [1.165, 1.54) is 7.11 Å². The maximum atomic E-state index is 12.6. The first-order valence-corrected chi connectivity index (χ1v) is 9.54. The zero-order chi connectivity index (χ0) is 21.2. The summed E-state index contributed by atoms with van der Waals surface area (Å²) in [5.74, 6) is -0.635. The maximum Gasteiger partial charge on any atom is 0.497 e. The van der Waals surface area contributed by atoms with Crippen LogP contribution in [-0.2, 0) is 25.3 Å². The highest BCUT2D eigenvalue weighted by molar-refractivity contribution is 6.64. The standard InChI is InChI=1S/C22H26BNO5/c1-21(2)22(3,4)29-23(28-21)17-14-16(20(26)27-5)11-12-18(17)24-19(25)13-15-9-7-6-8-10-15/h6-12,14H,13H2,1-5H3,(H,24,25). The average Bonchev–Trinajstić information content (AvgIpc) is 2.89. The van der Waals surface area contributed by atoms with Gasteiger partial charge < -0.3 is 19.4 Å². The van der Waals surface area contributed by atoms with Gasteiger partial charge in [-0.2, -0.15) is 0 Å². The number of nitrogens with one attached hydrogen (secondary N) is 1. The van der Waals surface area contributed by atoms with Crippen LogP contribution in [-0.4, -0.2) is 37.3 Å². The van der Waals surface area contributed by atoms with E-state index in [2.05, 4.69) is 5.32 Å². The lowest BCUT2D eigenvalue weighted by atomic mass is 9.77. The van der Waals surface area contributed by atoms with Gasteiger partial charge in [0.25, 0.3) is 0 Å². The van der Waals surface area contributed by atoms with E-state index in [-0.39, 0.29) is 12.3 Å². The van der Waals surface area contributed by atoms with E-state index in [1.807, 2.05) is 58.0 Å². The monoisotopic (exact) mass is 395 g/mol. The first-order valence-electron chi connectivity index (χ1n) is 9.54. The van der Waals surface area contributed by atoms with Gasteiger partial charge in [0.05, 0.1) is 30.3 Å². The minimum Gasteiger partial charge on any atom is -0.465 e. The molecule has 0 unspecified atom stereocenters. The van der Waals surface area contributed by atoms with Crippen LogP contribution in [0.15, 0.2) is 48.5 Å². The molecule has 2 aromatic carbocycles. The quantitative estimate of drug-likeness (QED) is 0.623. The second kappa shape index (κ2) is 8.01. The Hall–Kier alpha value is -2.64. The summed E-state index contributed by atoms with van der Waals surface area (Å²) in [4.78, 5) is 24.6. The molecule has 0 saturated carbocycles. The summed E-state index contributed by atoms with van der Waals surface area (Å²) >= 11 is 0. The van der Waals surface area contributed by atoms with Crippen molar-refractivity contribution in [1.82, 2.24) is 0 Å². The van der Waals surface area contributed by atoms with Crippen molar-refractivity contribution in [3.63, 3.8) is 0 Å². The van der Waals surface area contributed by atoms with Crippen molar-refractivity contribution in [1.29, 1.82) is 0 Å². The largest absolute Gasteiger partial charge is 0.497 e. The molecule has 29 heavy (non-hydrogen) atoms. The molecular weight excluding hydrogens is 369 g/mol. The van der Waals surface area contributed by atoms with E-state index in [4.69, 9.17) is 14.0 Å². The molecule has 1 heterocycles. The second-order valence-electron chi connectivity index (χ2n) is 8.09. The molecule has 1 amide bonds. The third-order valence-corrected chi connectivity index (χ3v) is 5.46. The summed E-state index contributed by atoms with van der Waals surface area (Å²) in [5, 5.41) is 2.92. The number of hydrogen-bond donors (Lipinski definition) is 1. The van der Waals surface area contributed by atoms with Gasteiger partial charge in [0, 0.05) is 11.2 Å². The Labute approximate surface area is 171 Å². The molecule has 6 nitrogen and oxygen atoms in total. The Morgan fingerprint density at radius 3 is 2.21 bits per heavy atom. The smallest absolute Gasteiger partial charge is 0.465 e. The van der Waals surface area contributed by atoms with Gasteiger partial charge in [-0.1, -0.05) is 30.3 Å². The van der Waals surface area contributed by atoms with Crippen molar-refractivity contribution < 1.29 is 23.6 Å². The predicted octanol–water partition coefficient (Wildman–Crippen LogP) is 2.95. The molecule has 1 N–H and O–H groups in total. The van der Waals surface area contributed by atoms with Gasteiger partial charge in [-0.15, -0.1) is 0 Å². The molecule has 0 atom stereocenters. The fourth-order valence-corrected chi connectivity index (χ4v) is 3.06. The summed E-state index contributed by atoms with van der Waals surface area (Å²) in [6, 6.07) is 14.4. The summed E-state index contributed by atoms with van der Waals surface area (Å²) in [7, 11) is 0.600. The SMILES string of the molecule is COC(=O)c1ccc(NC(=O)Cc2ccccc2)c(B2OC(C)(C)C(C)(C)O2)c1. The second-order valence-corrected chi connectivity index (χ2v) is 8.09. The van der Waals surface area contributed by atoms with E-state index in [0.717, 1.165) is 5.56 Å². The van der Waals surface area contributed by atoms with Crippen LogP contribution in [0.4, 0.5) is 5.69 Å². The van der Waals surface area contributed by atoms with Crippen LogP contribution >= 0.6 is 0 Å². The Balaban J connectivity index is 1.90. The number of hydrogen-bond acceptors (Lipinski definition) is 5. The minimum atomic E-state index is -0.725. The van der Waals surface area contributed by atoms with Crippen LogP contribution < -0.4 is 10.8 Å². The highest BCUT2D eigenvalue weighted by atomic mass is 16.7. The van der Waals surface area contributed by atoms with Crippen LogP contribution in [0.5, 0.6) is 0 Å². The lowest BCUT2D eigenvalue weighted by Crippen LogP contribution is -2.41. The molecule has 7 heteroatoms. The molecule has 0 radical (unpaired) electrons. The molecule has 1 saturated heterocycles. The number of ether oxygens (including phenoxy) is 1.